The highest BCUT2D eigenvalue weighted by molar-refractivity contribution is 6.02. The van der Waals surface area contributed by atoms with Gasteiger partial charge in [0.05, 0.1) is 0 Å². The molecule has 3 rings (SSSR count). The molecule has 2 aromatic rings. The first-order valence-electron chi connectivity index (χ1n) is 7.53. The van der Waals surface area contributed by atoms with Gasteiger partial charge in [-0.05, 0) is 37.3 Å². The third-order valence-corrected chi connectivity index (χ3v) is 4.20. The Bertz CT molecular complexity index is 608. The molecule has 0 spiro atoms. The predicted octanol–water partition coefficient (Wildman–Crippen LogP) is 4.50. The lowest BCUT2D eigenvalue weighted by Crippen LogP contribution is -2.41. The van der Waals surface area contributed by atoms with E-state index in [0.717, 1.165) is 36.0 Å². The fourth-order valence-corrected chi connectivity index (χ4v) is 2.86. The van der Waals surface area contributed by atoms with Crippen LogP contribution in [0.5, 0.6) is 0 Å². The molecule has 0 radical (unpaired) electrons. The van der Waals surface area contributed by atoms with Crippen LogP contribution in [0.4, 0.5) is 0 Å². The number of ether oxygens (including phenoxy) is 1. The number of hydrogen-bond acceptors (Lipinski definition) is 2. The summed E-state index contributed by atoms with van der Waals surface area (Å²) in [6.45, 7) is 2.60. The summed E-state index contributed by atoms with van der Waals surface area (Å²) in [5.74, 6) is 0.0989. The number of Topliss-reactive ketones (excluding diaryl/α,β-unsaturated/α-hetero) is 1. The average Bonchev–Trinajstić information content (AvgIpc) is 2.56. The van der Waals surface area contributed by atoms with Crippen molar-refractivity contribution in [3.05, 3.63) is 60.2 Å². The van der Waals surface area contributed by atoms with Crippen LogP contribution in [0.15, 0.2) is 54.6 Å². The molecule has 1 heterocycles. The maximum absolute atomic E-state index is 12.6. The van der Waals surface area contributed by atoms with Crippen molar-refractivity contribution in [3.63, 3.8) is 0 Å². The zero-order chi connectivity index (χ0) is 14.7. The number of benzene rings is 2. The van der Waals surface area contributed by atoms with E-state index in [1.54, 1.807) is 0 Å². The monoisotopic (exact) mass is 280 g/mol. The number of carbonyl (C=O) groups is 1. The maximum Gasteiger partial charge on any atom is 0.194 e. The fourth-order valence-electron chi connectivity index (χ4n) is 2.86. The smallest absolute Gasteiger partial charge is 0.194 e. The van der Waals surface area contributed by atoms with Gasteiger partial charge in [-0.15, -0.1) is 0 Å². The van der Waals surface area contributed by atoms with E-state index in [4.69, 9.17) is 4.74 Å². The maximum atomic E-state index is 12.6. The highest BCUT2D eigenvalue weighted by atomic mass is 16.5. The Hall–Kier alpha value is -1.93. The fraction of sp³-hybridized carbons (Fsp3) is 0.316. The quantitative estimate of drug-likeness (QED) is 0.774. The second-order valence-electron chi connectivity index (χ2n) is 5.81. The summed E-state index contributed by atoms with van der Waals surface area (Å²) in [5, 5.41) is 0. The molecule has 0 aliphatic carbocycles. The summed E-state index contributed by atoms with van der Waals surface area (Å²) in [4.78, 5) is 12.6. The lowest BCUT2D eigenvalue weighted by atomic mass is 9.87. The zero-order valence-corrected chi connectivity index (χ0v) is 12.3. The predicted molar refractivity (Wildman–Crippen MR) is 84.4 cm³/mol. The molecule has 0 saturated carbocycles. The third-order valence-electron chi connectivity index (χ3n) is 4.20. The van der Waals surface area contributed by atoms with Gasteiger partial charge in [-0.3, -0.25) is 4.79 Å². The van der Waals surface area contributed by atoms with E-state index in [0.29, 0.717) is 6.61 Å². The average molecular weight is 280 g/mol. The van der Waals surface area contributed by atoms with Gasteiger partial charge in [0.25, 0.3) is 0 Å². The topological polar surface area (TPSA) is 26.3 Å². The van der Waals surface area contributed by atoms with Crippen molar-refractivity contribution in [1.29, 1.82) is 0 Å². The van der Waals surface area contributed by atoms with Crippen LogP contribution in [0, 0.1) is 0 Å². The Balaban J connectivity index is 1.82. The molecule has 1 aliphatic rings. The van der Waals surface area contributed by atoms with Gasteiger partial charge in [-0.2, -0.15) is 0 Å². The second kappa shape index (κ2) is 5.82. The van der Waals surface area contributed by atoms with E-state index < -0.39 is 5.60 Å². The van der Waals surface area contributed by atoms with Crippen LogP contribution in [0.3, 0.4) is 0 Å². The van der Waals surface area contributed by atoms with E-state index in [2.05, 4.69) is 12.1 Å². The SMILES string of the molecule is CC1(C(=O)c2ccc(-c3ccccc3)cc2)CCCCO1. The Morgan fingerprint density at radius 2 is 1.62 bits per heavy atom. The van der Waals surface area contributed by atoms with Gasteiger partial charge in [0.2, 0.25) is 0 Å². The highest BCUT2D eigenvalue weighted by Gasteiger charge is 2.36. The van der Waals surface area contributed by atoms with Gasteiger partial charge in [0.15, 0.2) is 5.78 Å². The van der Waals surface area contributed by atoms with Gasteiger partial charge in [-0.25, -0.2) is 0 Å². The Kier molecular flexibility index (Phi) is 3.89. The Morgan fingerprint density at radius 3 is 2.24 bits per heavy atom. The van der Waals surface area contributed by atoms with Gasteiger partial charge in [0, 0.05) is 12.2 Å². The molecule has 0 aromatic heterocycles. The minimum Gasteiger partial charge on any atom is -0.367 e. The summed E-state index contributed by atoms with van der Waals surface area (Å²) in [6, 6.07) is 18.0. The highest BCUT2D eigenvalue weighted by Crippen LogP contribution is 2.29. The first-order chi connectivity index (χ1) is 10.2. The summed E-state index contributed by atoms with van der Waals surface area (Å²) < 4.78 is 5.75. The second-order valence-corrected chi connectivity index (χ2v) is 5.81. The van der Waals surface area contributed by atoms with Crippen LogP contribution in [-0.2, 0) is 4.74 Å². The number of hydrogen-bond donors (Lipinski definition) is 0. The minimum atomic E-state index is -0.646. The molecular weight excluding hydrogens is 260 g/mol. The van der Waals surface area contributed by atoms with Crippen molar-refractivity contribution in [1.82, 2.24) is 0 Å². The van der Waals surface area contributed by atoms with Crippen LogP contribution in [-0.4, -0.2) is 18.0 Å². The molecule has 1 unspecified atom stereocenters. The molecule has 2 aromatic carbocycles. The van der Waals surface area contributed by atoms with Crippen molar-refractivity contribution >= 4 is 5.78 Å². The summed E-state index contributed by atoms with van der Waals surface area (Å²) in [5.41, 5.74) is 2.38. The number of ketones is 1. The Labute approximate surface area is 125 Å². The lowest BCUT2D eigenvalue weighted by molar-refractivity contribution is -0.0426. The molecule has 21 heavy (non-hydrogen) atoms. The summed E-state index contributed by atoms with van der Waals surface area (Å²) in [7, 11) is 0. The largest absolute Gasteiger partial charge is 0.367 e. The molecule has 0 amide bonds. The van der Waals surface area contributed by atoms with Crippen molar-refractivity contribution in [2.24, 2.45) is 0 Å². The number of carbonyl (C=O) groups excluding carboxylic acids is 1. The van der Waals surface area contributed by atoms with Gasteiger partial charge >= 0.3 is 0 Å². The molecule has 1 fully saturated rings. The minimum absolute atomic E-state index is 0.0989. The molecule has 108 valence electrons. The van der Waals surface area contributed by atoms with E-state index in [9.17, 15) is 4.79 Å². The lowest BCUT2D eigenvalue weighted by Gasteiger charge is -2.32. The Morgan fingerprint density at radius 1 is 0.952 bits per heavy atom. The van der Waals surface area contributed by atoms with Crippen molar-refractivity contribution in [2.75, 3.05) is 6.61 Å². The molecule has 0 bridgehead atoms. The molecule has 1 saturated heterocycles. The van der Waals surface area contributed by atoms with Crippen molar-refractivity contribution in [3.8, 4) is 11.1 Å². The van der Waals surface area contributed by atoms with E-state index in [-0.39, 0.29) is 5.78 Å². The van der Waals surface area contributed by atoms with Gasteiger partial charge in [-0.1, -0.05) is 54.6 Å². The zero-order valence-electron chi connectivity index (χ0n) is 12.3. The standard InChI is InChI=1S/C19H20O2/c1-19(13-5-6-14-21-19)18(20)17-11-9-16(10-12-17)15-7-3-2-4-8-15/h2-4,7-12H,5-6,13-14H2,1H3. The van der Waals surface area contributed by atoms with Crippen LogP contribution >= 0.6 is 0 Å². The van der Waals surface area contributed by atoms with Gasteiger partial charge in [0.1, 0.15) is 5.60 Å². The molecule has 1 aliphatic heterocycles. The summed E-state index contributed by atoms with van der Waals surface area (Å²) in [6.07, 6.45) is 2.92. The first-order valence-corrected chi connectivity index (χ1v) is 7.53. The van der Waals surface area contributed by atoms with Crippen molar-refractivity contribution in [2.45, 2.75) is 31.8 Å². The van der Waals surface area contributed by atoms with E-state index >= 15 is 0 Å². The number of rotatable bonds is 3. The first kappa shape index (κ1) is 14.0. The van der Waals surface area contributed by atoms with Gasteiger partial charge < -0.3 is 4.74 Å². The van der Waals surface area contributed by atoms with Crippen LogP contribution < -0.4 is 0 Å². The van der Waals surface area contributed by atoms with Crippen molar-refractivity contribution < 1.29 is 9.53 Å². The third kappa shape index (κ3) is 2.91. The molecule has 2 nitrogen and oxygen atoms in total. The molecule has 0 N–H and O–H groups in total. The normalized spacial score (nSPS) is 22.0. The van der Waals surface area contributed by atoms with Crippen LogP contribution in [0.25, 0.3) is 11.1 Å². The summed E-state index contributed by atoms with van der Waals surface area (Å²) >= 11 is 0. The molecular formula is C19H20O2. The van der Waals surface area contributed by atoms with E-state index in [1.807, 2.05) is 49.4 Å². The van der Waals surface area contributed by atoms with Crippen LogP contribution in [0.1, 0.15) is 36.5 Å². The van der Waals surface area contributed by atoms with E-state index in [1.165, 1.54) is 0 Å². The van der Waals surface area contributed by atoms with Crippen LogP contribution in [0.2, 0.25) is 0 Å². The molecule has 1 atom stereocenters. The molecule has 2 heteroatoms.